The van der Waals surface area contributed by atoms with Crippen molar-refractivity contribution in [3.05, 3.63) is 23.3 Å². The van der Waals surface area contributed by atoms with Crippen LogP contribution in [0, 0.1) is 11.3 Å². The van der Waals surface area contributed by atoms with Gasteiger partial charge in [-0.2, -0.15) is 0 Å². The Labute approximate surface area is 157 Å². The molecule has 1 saturated heterocycles. The minimum atomic E-state index is -1.95. The summed E-state index contributed by atoms with van der Waals surface area (Å²) in [5.41, 5.74) is -5.97. The number of ether oxygens (including phenoxy) is 2. The van der Waals surface area contributed by atoms with Gasteiger partial charge in [0.05, 0.1) is 11.7 Å². The van der Waals surface area contributed by atoms with Gasteiger partial charge in [-0.05, 0) is 50.7 Å². The molecule has 3 aliphatic carbocycles. The summed E-state index contributed by atoms with van der Waals surface area (Å²) in [6.07, 6.45) is 1.92. The number of cyclic esters (lactones) is 1. The molecule has 7 heteroatoms. The number of rotatable bonds is 1. The van der Waals surface area contributed by atoms with Crippen LogP contribution in [0.4, 0.5) is 0 Å². The van der Waals surface area contributed by atoms with Crippen LogP contribution in [0.15, 0.2) is 23.3 Å². The summed E-state index contributed by atoms with van der Waals surface area (Å²) >= 11 is 0. The second kappa shape index (κ2) is 4.66. The highest BCUT2D eigenvalue weighted by Gasteiger charge is 2.81. The van der Waals surface area contributed by atoms with E-state index in [1.54, 1.807) is 0 Å². The third kappa shape index (κ3) is 1.63. The van der Waals surface area contributed by atoms with Gasteiger partial charge in [0.2, 0.25) is 0 Å². The Morgan fingerprint density at radius 2 is 1.96 bits per heavy atom. The second-order valence-electron chi connectivity index (χ2n) is 9.57. The first-order valence-corrected chi connectivity index (χ1v) is 9.55. The van der Waals surface area contributed by atoms with Crippen molar-refractivity contribution in [2.45, 2.75) is 74.6 Å². The fraction of sp³-hybridized carbons (Fsp3) is 0.750. The zero-order valence-corrected chi connectivity index (χ0v) is 15.7. The minimum absolute atomic E-state index is 0.193. The Morgan fingerprint density at radius 3 is 2.63 bits per heavy atom. The highest BCUT2D eigenvalue weighted by Crippen LogP contribution is 2.68. The fourth-order valence-corrected chi connectivity index (χ4v) is 6.45. The van der Waals surface area contributed by atoms with E-state index < -0.39 is 40.0 Å². The number of aliphatic hydroxyl groups is 4. The highest BCUT2D eigenvalue weighted by atomic mass is 16.6. The molecular weight excluding hydrogens is 352 g/mol. The standard InChI is InChI=1S/C20H26O7/c1-16(2,23)18-6-7-19(24)17(3)5-4-10-11(9-26-14(10)21)12(17)8-13(27-18)20(19,25)15(18)22/h6-7,12-13,15,22-25H,4-5,8-9H2,1-3H3/t12-,13-,15-,17-,18+,19+,20+/m0/s1. The van der Waals surface area contributed by atoms with Gasteiger partial charge in [-0.3, -0.25) is 0 Å². The van der Waals surface area contributed by atoms with Crippen LogP contribution in [0.3, 0.4) is 0 Å². The molecule has 2 bridgehead atoms. The van der Waals surface area contributed by atoms with E-state index in [1.807, 2.05) is 6.92 Å². The maximum absolute atomic E-state index is 12.0. The van der Waals surface area contributed by atoms with Crippen LogP contribution in [0.1, 0.15) is 40.0 Å². The zero-order chi connectivity index (χ0) is 19.6. The van der Waals surface area contributed by atoms with Gasteiger partial charge in [-0.1, -0.05) is 13.0 Å². The topological polar surface area (TPSA) is 116 Å². The first-order valence-electron chi connectivity index (χ1n) is 9.55. The first-order chi connectivity index (χ1) is 12.4. The Balaban J connectivity index is 1.72. The second-order valence-corrected chi connectivity index (χ2v) is 9.57. The Bertz CT molecular complexity index is 810. The summed E-state index contributed by atoms with van der Waals surface area (Å²) < 4.78 is 11.3. The quantitative estimate of drug-likeness (QED) is 0.374. The summed E-state index contributed by atoms with van der Waals surface area (Å²) in [5, 5.41) is 45.3. The molecule has 0 unspecified atom stereocenters. The molecule has 0 aromatic heterocycles. The normalized spacial score (nSPS) is 53.3. The van der Waals surface area contributed by atoms with Gasteiger partial charge in [0.1, 0.15) is 23.9 Å². The van der Waals surface area contributed by atoms with E-state index in [0.29, 0.717) is 24.8 Å². The predicted molar refractivity (Wildman–Crippen MR) is 92.4 cm³/mol. The molecule has 5 aliphatic rings. The third-order valence-electron chi connectivity index (χ3n) is 8.19. The van der Waals surface area contributed by atoms with Gasteiger partial charge in [0.15, 0.2) is 5.60 Å². The van der Waals surface area contributed by atoms with Gasteiger partial charge in [0, 0.05) is 11.0 Å². The van der Waals surface area contributed by atoms with Crippen LogP contribution >= 0.6 is 0 Å². The van der Waals surface area contributed by atoms with Crippen LogP contribution in [0.25, 0.3) is 0 Å². The molecule has 2 aliphatic heterocycles. The van der Waals surface area contributed by atoms with E-state index in [0.717, 1.165) is 5.57 Å². The van der Waals surface area contributed by atoms with Crippen LogP contribution < -0.4 is 0 Å². The lowest BCUT2D eigenvalue weighted by molar-refractivity contribution is -0.268. The average molecular weight is 378 g/mol. The number of aliphatic hydroxyl groups excluding tert-OH is 1. The van der Waals surface area contributed by atoms with Crippen LogP contribution in [0.2, 0.25) is 0 Å². The van der Waals surface area contributed by atoms with Crippen molar-refractivity contribution < 1.29 is 34.7 Å². The Morgan fingerprint density at radius 1 is 1.26 bits per heavy atom. The van der Waals surface area contributed by atoms with Crippen molar-refractivity contribution in [3.63, 3.8) is 0 Å². The van der Waals surface area contributed by atoms with Crippen molar-refractivity contribution in [1.29, 1.82) is 0 Å². The number of esters is 1. The van der Waals surface area contributed by atoms with Gasteiger partial charge in [-0.25, -0.2) is 4.79 Å². The molecule has 0 aromatic carbocycles. The molecule has 2 fully saturated rings. The summed E-state index contributed by atoms with van der Waals surface area (Å²) in [7, 11) is 0. The van der Waals surface area contributed by atoms with E-state index in [2.05, 4.69) is 0 Å². The molecule has 0 radical (unpaired) electrons. The molecular formula is C20H26O7. The number of hydrogen-bond donors (Lipinski definition) is 4. The number of carbonyl (C=O) groups is 1. The molecule has 0 aromatic rings. The SMILES string of the molecule is CC(C)(O)[C@]12C=C[C@]3(O)[C@@](O)([C@H](C[C@H]4C5=C(CC[C@@]43C)C(=O)OC5)O1)[C@H]2O. The fourth-order valence-electron chi connectivity index (χ4n) is 6.45. The van der Waals surface area contributed by atoms with Gasteiger partial charge in [-0.15, -0.1) is 0 Å². The van der Waals surface area contributed by atoms with E-state index in [4.69, 9.17) is 9.47 Å². The maximum Gasteiger partial charge on any atom is 0.334 e. The van der Waals surface area contributed by atoms with Crippen molar-refractivity contribution in [1.82, 2.24) is 0 Å². The van der Waals surface area contributed by atoms with Gasteiger partial charge in [0.25, 0.3) is 0 Å². The highest BCUT2D eigenvalue weighted by molar-refractivity contribution is 5.92. The summed E-state index contributed by atoms with van der Waals surface area (Å²) in [4.78, 5) is 12.0. The van der Waals surface area contributed by atoms with Gasteiger partial charge >= 0.3 is 5.97 Å². The summed E-state index contributed by atoms with van der Waals surface area (Å²) in [5.74, 6) is -0.532. The first kappa shape index (κ1) is 17.8. The number of hydrogen-bond acceptors (Lipinski definition) is 7. The molecule has 148 valence electrons. The maximum atomic E-state index is 12.0. The number of carbonyl (C=O) groups excluding carboxylic acids is 1. The van der Waals surface area contributed by atoms with Crippen molar-refractivity contribution in [3.8, 4) is 0 Å². The average Bonchev–Trinajstić information content (AvgIpc) is 3.03. The van der Waals surface area contributed by atoms with Gasteiger partial charge < -0.3 is 29.9 Å². The van der Waals surface area contributed by atoms with Crippen LogP contribution in [-0.4, -0.2) is 67.6 Å². The zero-order valence-electron chi connectivity index (χ0n) is 15.7. The molecule has 1 saturated carbocycles. The van der Waals surface area contributed by atoms with Crippen molar-refractivity contribution >= 4 is 5.97 Å². The summed E-state index contributed by atoms with van der Waals surface area (Å²) in [6.45, 7) is 5.12. The van der Waals surface area contributed by atoms with Crippen molar-refractivity contribution in [2.24, 2.45) is 11.3 Å². The Hall–Kier alpha value is -1.25. The molecule has 2 heterocycles. The smallest absolute Gasteiger partial charge is 0.334 e. The molecule has 0 amide bonds. The van der Waals surface area contributed by atoms with E-state index in [1.165, 1.54) is 26.0 Å². The monoisotopic (exact) mass is 378 g/mol. The molecule has 5 rings (SSSR count). The molecule has 27 heavy (non-hydrogen) atoms. The Kier molecular flexibility index (Phi) is 3.07. The van der Waals surface area contributed by atoms with Crippen LogP contribution in [0.5, 0.6) is 0 Å². The third-order valence-corrected chi connectivity index (χ3v) is 8.19. The van der Waals surface area contributed by atoms with E-state index in [9.17, 15) is 25.2 Å². The largest absolute Gasteiger partial charge is 0.458 e. The van der Waals surface area contributed by atoms with Crippen LogP contribution in [-0.2, 0) is 14.3 Å². The van der Waals surface area contributed by atoms with E-state index in [-0.39, 0.29) is 18.5 Å². The molecule has 4 N–H and O–H groups in total. The molecule has 7 nitrogen and oxygen atoms in total. The minimum Gasteiger partial charge on any atom is -0.458 e. The lowest BCUT2D eigenvalue weighted by Crippen LogP contribution is -2.78. The molecule has 7 atom stereocenters. The number of fused-ring (bicyclic) bond motifs is 4. The lowest BCUT2D eigenvalue weighted by atomic mass is 9.44. The predicted octanol–water partition coefficient (Wildman–Crippen LogP) is -0.0388. The van der Waals surface area contributed by atoms with Crippen molar-refractivity contribution in [2.75, 3.05) is 6.61 Å². The summed E-state index contributed by atoms with van der Waals surface area (Å²) in [6, 6.07) is 0. The van der Waals surface area contributed by atoms with E-state index >= 15 is 0 Å². The lowest BCUT2D eigenvalue weighted by Gasteiger charge is -2.63. The molecule has 0 spiro atoms.